The summed E-state index contributed by atoms with van der Waals surface area (Å²) in [6, 6.07) is 12.0. The van der Waals surface area contributed by atoms with E-state index in [1.54, 1.807) is 0 Å². The number of piperidine rings is 1. The van der Waals surface area contributed by atoms with Crippen molar-refractivity contribution in [3.63, 3.8) is 0 Å². The van der Waals surface area contributed by atoms with Crippen LogP contribution in [0.25, 0.3) is 0 Å². The minimum atomic E-state index is -1.21. The quantitative estimate of drug-likeness (QED) is 0.148. The summed E-state index contributed by atoms with van der Waals surface area (Å²) >= 11 is 0. The Bertz CT molecular complexity index is 1670. The van der Waals surface area contributed by atoms with Crippen molar-refractivity contribution in [2.75, 3.05) is 40.3 Å². The van der Waals surface area contributed by atoms with E-state index in [0.717, 1.165) is 39.0 Å². The van der Waals surface area contributed by atoms with Crippen LogP contribution < -0.4 is 0 Å². The Balaban J connectivity index is 0.000000273. The SMILES string of the molecule is CN(C)CCCN1CCC(C=O)(c2ccccc2)CC1.O=[N+]([O-])c1cc([N+](=O)[O-])c(O)c([N+](=O)[O-])c1.O=[N+]([O-])c1cc([N+](=O)[O-])c(O)c([N+](=O)[O-])c1. The van der Waals surface area contributed by atoms with Crippen molar-refractivity contribution in [2.45, 2.75) is 24.7 Å². The summed E-state index contributed by atoms with van der Waals surface area (Å²) in [6.07, 6.45) is 4.27. The topological polar surface area (TPSA) is 323 Å². The number of phenols is 2. The highest BCUT2D eigenvalue weighted by Crippen LogP contribution is 2.40. The number of likely N-dealkylation sites (tertiary alicyclic amines) is 1. The molecule has 0 amide bonds. The molecule has 1 aliphatic heterocycles. The maximum atomic E-state index is 11.7. The van der Waals surface area contributed by atoms with E-state index < -0.39 is 75.2 Å². The van der Waals surface area contributed by atoms with Crippen molar-refractivity contribution >= 4 is 40.4 Å². The summed E-state index contributed by atoms with van der Waals surface area (Å²) in [6.45, 7) is 4.33. The van der Waals surface area contributed by atoms with E-state index in [9.17, 15) is 65.5 Å². The van der Waals surface area contributed by atoms with Crippen LogP contribution >= 0.6 is 0 Å². The molecule has 0 saturated carbocycles. The molecule has 1 aliphatic rings. The number of non-ortho nitro benzene ring substituents is 2. The fourth-order valence-electron chi connectivity index (χ4n) is 4.98. The normalized spacial score (nSPS) is 13.4. The zero-order valence-electron chi connectivity index (χ0n) is 27.5. The molecule has 0 radical (unpaired) electrons. The number of aldehydes is 1. The van der Waals surface area contributed by atoms with Crippen LogP contribution in [0.5, 0.6) is 11.5 Å². The molecule has 3 aromatic carbocycles. The van der Waals surface area contributed by atoms with Crippen molar-refractivity contribution in [1.82, 2.24) is 9.80 Å². The first-order chi connectivity index (χ1) is 24.3. The number of aromatic hydroxyl groups is 2. The third-order valence-corrected chi connectivity index (χ3v) is 7.72. The maximum Gasteiger partial charge on any atom is 0.324 e. The molecule has 278 valence electrons. The third-order valence-electron chi connectivity index (χ3n) is 7.72. The van der Waals surface area contributed by atoms with Crippen LogP contribution in [0.1, 0.15) is 24.8 Å². The van der Waals surface area contributed by atoms with Gasteiger partial charge in [-0.05, 0) is 65.1 Å². The van der Waals surface area contributed by atoms with Crippen LogP contribution in [0.15, 0.2) is 54.6 Å². The van der Waals surface area contributed by atoms with Gasteiger partial charge in [0.25, 0.3) is 22.9 Å². The molecule has 1 saturated heterocycles. The van der Waals surface area contributed by atoms with Crippen molar-refractivity contribution in [3.8, 4) is 11.5 Å². The Labute approximate surface area is 292 Å². The van der Waals surface area contributed by atoms with Gasteiger partial charge in [0.1, 0.15) is 6.29 Å². The number of hydrogen-bond acceptors (Lipinski definition) is 17. The molecular weight excluding hydrogens is 700 g/mol. The van der Waals surface area contributed by atoms with E-state index in [-0.39, 0.29) is 5.41 Å². The van der Waals surface area contributed by atoms with Gasteiger partial charge in [0, 0.05) is 0 Å². The Hall–Kier alpha value is -6.75. The van der Waals surface area contributed by atoms with Crippen LogP contribution in [0.3, 0.4) is 0 Å². The molecule has 0 spiro atoms. The molecule has 4 rings (SSSR count). The van der Waals surface area contributed by atoms with Gasteiger partial charge in [-0.3, -0.25) is 60.7 Å². The molecule has 23 heteroatoms. The number of phenolic OH excluding ortho intramolecular Hbond substituents is 2. The second-order valence-electron chi connectivity index (χ2n) is 11.3. The number of benzene rings is 3. The second-order valence-corrected chi connectivity index (χ2v) is 11.3. The van der Waals surface area contributed by atoms with Crippen LogP contribution in [0.2, 0.25) is 0 Å². The zero-order chi connectivity index (χ0) is 39.3. The highest BCUT2D eigenvalue weighted by molar-refractivity contribution is 5.69. The minimum absolute atomic E-state index is 0.251. The fraction of sp³-hybridized carbons (Fsp3) is 0.345. The van der Waals surface area contributed by atoms with Gasteiger partial charge < -0.3 is 24.8 Å². The Kier molecular flexibility index (Phi) is 14.6. The van der Waals surface area contributed by atoms with Gasteiger partial charge in [-0.2, -0.15) is 0 Å². The smallest absolute Gasteiger partial charge is 0.324 e. The van der Waals surface area contributed by atoms with E-state index in [4.69, 9.17) is 10.2 Å². The molecular formula is C29H32N8O15. The van der Waals surface area contributed by atoms with Gasteiger partial charge in [0.15, 0.2) is 0 Å². The molecule has 3 aromatic rings. The first-order valence-electron chi connectivity index (χ1n) is 14.8. The maximum absolute atomic E-state index is 11.7. The predicted octanol–water partition coefficient (Wildman–Crippen LogP) is 4.40. The number of nitro groups is 6. The largest absolute Gasteiger partial charge is 0.497 e. The standard InChI is InChI=1S/C17H26N2O.2C6H3N3O7/c1-18(2)11-6-12-19-13-9-17(15-20,10-14-19)16-7-4-3-5-8-16;2*10-6-4(8(13)14)1-3(7(11)12)2-5(6)9(15)16/h3-5,7-8,15H,6,9-14H2,1-2H3;2*1-2,10H. The first-order valence-corrected chi connectivity index (χ1v) is 14.8. The first kappa shape index (κ1) is 41.4. The van der Waals surface area contributed by atoms with Crippen molar-refractivity contribution in [1.29, 1.82) is 0 Å². The number of carbonyl (C=O) groups excluding carboxylic acids is 1. The number of carbonyl (C=O) groups is 1. The highest BCUT2D eigenvalue weighted by atomic mass is 16.7. The lowest BCUT2D eigenvalue weighted by Crippen LogP contribution is -2.44. The van der Waals surface area contributed by atoms with Gasteiger partial charge in [-0.15, -0.1) is 0 Å². The fourth-order valence-corrected chi connectivity index (χ4v) is 4.98. The van der Waals surface area contributed by atoms with Crippen LogP contribution in [0, 0.1) is 60.7 Å². The third kappa shape index (κ3) is 10.9. The second kappa shape index (κ2) is 18.3. The van der Waals surface area contributed by atoms with Crippen LogP contribution in [0.4, 0.5) is 34.1 Å². The van der Waals surface area contributed by atoms with Crippen molar-refractivity contribution in [2.24, 2.45) is 0 Å². The number of rotatable bonds is 12. The average molecular weight is 733 g/mol. The van der Waals surface area contributed by atoms with Gasteiger partial charge in [0.05, 0.1) is 59.2 Å². The average Bonchev–Trinajstić information content (AvgIpc) is 3.09. The molecule has 52 heavy (non-hydrogen) atoms. The van der Waals surface area contributed by atoms with Gasteiger partial charge in [0.2, 0.25) is 0 Å². The summed E-state index contributed by atoms with van der Waals surface area (Å²) in [5.74, 6) is -2.42. The summed E-state index contributed by atoms with van der Waals surface area (Å²) in [5.41, 5.74) is -5.07. The van der Waals surface area contributed by atoms with Gasteiger partial charge in [-0.25, -0.2) is 0 Å². The van der Waals surface area contributed by atoms with E-state index in [1.165, 1.54) is 18.3 Å². The Morgan fingerprint density at radius 3 is 1.33 bits per heavy atom. The lowest BCUT2D eigenvalue weighted by Gasteiger charge is -2.38. The summed E-state index contributed by atoms with van der Waals surface area (Å²) < 4.78 is 0. The van der Waals surface area contributed by atoms with Gasteiger partial charge in [-0.1, -0.05) is 30.3 Å². The Morgan fingerprint density at radius 2 is 1.04 bits per heavy atom. The van der Waals surface area contributed by atoms with Crippen molar-refractivity contribution in [3.05, 3.63) is 121 Å². The van der Waals surface area contributed by atoms with E-state index in [0.29, 0.717) is 24.3 Å². The summed E-state index contributed by atoms with van der Waals surface area (Å²) in [5, 5.41) is 80.4. The molecule has 2 N–H and O–H groups in total. The van der Waals surface area contributed by atoms with Crippen molar-refractivity contribution < 1.29 is 44.5 Å². The van der Waals surface area contributed by atoms with E-state index in [1.807, 2.05) is 18.2 Å². The van der Waals surface area contributed by atoms with E-state index >= 15 is 0 Å². The number of nitro benzene ring substituents is 6. The molecule has 0 bridgehead atoms. The summed E-state index contributed by atoms with van der Waals surface area (Å²) in [4.78, 5) is 71.9. The number of hydrogen-bond donors (Lipinski definition) is 2. The minimum Gasteiger partial charge on any atom is -0.497 e. The lowest BCUT2D eigenvalue weighted by molar-refractivity contribution is -0.404. The molecule has 0 atom stereocenters. The highest BCUT2D eigenvalue weighted by Gasteiger charge is 2.36. The zero-order valence-corrected chi connectivity index (χ0v) is 27.5. The predicted molar refractivity (Wildman–Crippen MR) is 179 cm³/mol. The Morgan fingerprint density at radius 1 is 0.673 bits per heavy atom. The molecule has 23 nitrogen and oxygen atoms in total. The van der Waals surface area contributed by atoms with E-state index in [2.05, 4.69) is 36.0 Å². The molecule has 0 aliphatic carbocycles. The monoisotopic (exact) mass is 732 g/mol. The summed E-state index contributed by atoms with van der Waals surface area (Å²) in [7, 11) is 4.23. The van der Waals surface area contributed by atoms with Crippen LogP contribution in [-0.2, 0) is 10.2 Å². The molecule has 0 unspecified atom stereocenters. The van der Waals surface area contributed by atoms with Gasteiger partial charge >= 0.3 is 22.7 Å². The number of nitrogens with zero attached hydrogens (tertiary/aromatic N) is 8. The lowest BCUT2D eigenvalue weighted by atomic mass is 9.74. The molecule has 0 aromatic heterocycles. The molecule has 1 fully saturated rings. The van der Waals surface area contributed by atoms with Crippen LogP contribution in [-0.4, -0.2) is 96.1 Å². The molecule has 1 heterocycles.